The number of carbonyl (C=O) groups excluding carboxylic acids is 3. The van der Waals surface area contributed by atoms with Crippen molar-refractivity contribution >= 4 is 17.9 Å². The van der Waals surface area contributed by atoms with E-state index in [-0.39, 0.29) is 31.1 Å². The Bertz CT molecular complexity index is 603. The molecule has 0 saturated carbocycles. The maximum atomic E-state index is 12.5. The average Bonchev–Trinajstić information content (AvgIpc) is 2.92. The molecule has 0 radical (unpaired) electrons. The highest BCUT2D eigenvalue weighted by Crippen LogP contribution is 2.14. The lowest BCUT2D eigenvalue weighted by atomic mass is 10.0. The van der Waals surface area contributed by atoms with Gasteiger partial charge in [-0.05, 0) is 25.2 Å². The highest BCUT2D eigenvalue weighted by molar-refractivity contribution is 5.71. The Balaban J connectivity index is 4.33. The Morgan fingerprint density at radius 3 is 1.23 bits per heavy atom. The maximum absolute atomic E-state index is 12.5. The summed E-state index contributed by atoms with van der Waals surface area (Å²) in [6.07, 6.45) is 22.8. The summed E-state index contributed by atoms with van der Waals surface area (Å²) in [6.45, 7) is 8.76. The van der Waals surface area contributed by atoms with Gasteiger partial charge in [-0.15, -0.1) is 0 Å². The Morgan fingerprint density at radius 2 is 0.825 bits per heavy atom. The van der Waals surface area contributed by atoms with Gasteiger partial charge in [-0.1, -0.05) is 137 Å². The zero-order valence-electron chi connectivity index (χ0n) is 26.8. The highest BCUT2D eigenvalue weighted by atomic mass is 16.6. The number of ether oxygens (including phenoxy) is 3. The van der Waals surface area contributed by atoms with E-state index in [0.717, 1.165) is 70.1 Å². The summed E-state index contributed by atoms with van der Waals surface area (Å²) in [5, 5.41) is 0. The summed E-state index contributed by atoms with van der Waals surface area (Å²) >= 11 is 0. The zero-order chi connectivity index (χ0) is 29.7. The van der Waals surface area contributed by atoms with Gasteiger partial charge in [0.15, 0.2) is 6.10 Å². The fourth-order valence-electron chi connectivity index (χ4n) is 4.68. The summed E-state index contributed by atoms with van der Waals surface area (Å²) in [5.41, 5.74) is 0. The second-order valence-corrected chi connectivity index (χ2v) is 11.9. The van der Waals surface area contributed by atoms with E-state index in [1.54, 1.807) is 0 Å². The molecule has 0 aliphatic carbocycles. The van der Waals surface area contributed by atoms with E-state index in [2.05, 4.69) is 27.7 Å². The molecular weight excluding hydrogens is 504 g/mol. The van der Waals surface area contributed by atoms with Crippen molar-refractivity contribution in [2.45, 2.75) is 181 Å². The second kappa shape index (κ2) is 28.9. The lowest BCUT2D eigenvalue weighted by Crippen LogP contribution is -2.30. The molecule has 0 bridgehead atoms. The first kappa shape index (κ1) is 38.4. The molecule has 0 aromatic heterocycles. The number of unbranched alkanes of at least 4 members (excludes halogenated alkanes) is 16. The van der Waals surface area contributed by atoms with Gasteiger partial charge >= 0.3 is 17.9 Å². The number of hydrogen-bond donors (Lipinski definition) is 0. The molecule has 0 N–H and O–H groups in total. The molecule has 0 rings (SSSR count). The van der Waals surface area contributed by atoms with Crippen LogP contribution in [0.25, 0.3) is 0 Å². The Hall–Kier alpha value is -1.59. The van der Waals surface area contributed by atoms with E-state index in [1.165, 1.54) is 64.2 Å². The molecule has 0 heterocycles. The molecular formula is C34H64O6. The highest BCUT2D eigenvalue weighted by Gasteiger charge is 2.19. The molecule has 0 saturated heterocycles. The largest absolute Gasteiger partial charge is 0.462 e. The van der Waals surface area contributed by atoms with Crippen molar-refractivity contribution < 1.29 is 28.6 Å². The van der Waals surface area contributed by atoms with Gasteiger partial charge in [0.25, 0.3) is 0 Å². The summed E-state index contributed by atoms with van der Waals surface area (Å²) in [6, 6.07) is 0. The fraction of sp³-hybridized carbons (Fsp3) is 0.912. The summed E-state index contributed by atoms with van der Waals surface area (Å²) in [7, 11) is 0. The van der Waals surface area contributed by atoms with Crippen molar-refractivity contribution in [2.75, 3.05) is 13.2 Å². The molecule has 6 heteroatoms. The van der Waals surface area contributed by atoms with Gasteiger partial charge in [-0.25, -0.2) is 0 Å². The predicted molar refractivity (Wildman–Crippen MR) is 164 cm³/mol. The van der Waals surface area contributed by atoms with Crippen molar-refractivity contribution in [1.29, 1.82) is 0 Å². The molecule has 0 spiro atoms. The van der Waals surface area contributed by atoms with Crippen LogP contribution in [0.1, 0.15) is 175 Å². The smallest absolute Gasteiger partial charge is 0.306 e. The first-order chi connectivity index (χ1) is 19.4. The van der Waals surface area contributed by atoms with Crippen LogP contribution in [-0.2, 0) is 28.6 Å². The van der Waals surface area contributed by atoms with Crippen LogP contribution in [-0.4, -0.2) is 37.2 Å². The average molecular weight is 569 g/mol. The first-order valence-corrected chi connectivity index (χ1v) is 16.9. The van der Waals surface area contributed by atoms with Crippen LogP contribution in [0.15, 0.2) is 0 Å². The molecule has 0 aromatic carbocycles. The number of hydrogen-bond acceptors (Lipinski definition) is 6. The van der Waals surface area contributed by atoms with Crippen molar-refractivity contribution in [2.24, 2.45) is 5.92 Å². The third kappa shape index (κ3) is 28.0. The van der Waals surface area contributed by atoms with Crippen LogP contribution in [0.4, 0.5) is 0 Å². The van der Waals surface area contributed by atoms with Crippen LogP contribution in [0.3, 0.4) is 0 Å². The standard InChI is InChI=1S/C34H64O6/c1-5-7-9-11-13-18-22-26-33(36)39-29-31(28-38-32(35)25-21-16-10-8-6-2)40-34(37)27-23-19-15-12-14-17-20-24-30(3)4/h30-31H,5-29H2,1-4H3/t31-/m1/s1. The number of esters is 3. The van der Waals surface area contributed by atoms with Gasteiger partial charge in [-0.3, -0.25) is 14.4 Å². The van der Waals surface area contributed by atoms with Crippen molar-refractivity contribution in [3.05, 3.63) is 0 Å². The normalized spacial score (nSPS) is 11.9. The minimum Gasteiger partial charge on any atom is -0.462 e. The van der Waals surface area contributed by atoms with Gasteiger partial charge < -0.3 is 14.2 Å². The summed E-state index contributed by atoms with van der Waals surface area (Å²) < 4.78 is 16.4. The molecule has 0 unspecified atom stereocenters. The molecule has 40 heavy (non-hydrogen) atoms. The lowest BCUT2D eigenvalue weighted by molar-refractivity contribution is -0.167. The van der Waals surface area contributed by atoms with E-state index >= 15 is 0 Å². The molecule has 236 valence electrons. The summed E-state index contributed by atoms with van der Waals surface area (Å²) in [4.78, 5) is 36.9. The Labute approximate surface area is 247 Å². The lowest BCUT2D eigenvalue weighted by Gasteiger charge is -2.18. The molecule has 0 aromatic rings. The van der Waals surface area contributed by atoms with Crippen LogP contribution >= 0.6 is 0 Å². The van der Waals surface area contributed by atoms with Crippen molar-refractivity contribution in [3.63, 3.8) is 0 Å². The quantitative estimate of drug-likeness (QED) is 0.0508. The van der Waals surface area contributed by atoms with E-state index < -0.39 is 6.10 Å². The minimum absolute atomic E-state index is 0.0682. The predicted octanol–water partition coefficient (Wildman–Crippen LogP) is 9.65. The Kier molecular flexibility index (Phi) is 27.8. The van der Waals surface area contributed by atoms with E-state index in [4.69, 9.17) is 14.2 Å². The van der Waals surface area contributed by atoms with E-state index in [1.807, 2.05) is 0 Å². The van der Waals surface area contributed by atoms with Crippen LogP contribution in [0, 0.1) is 5.92 Å². The van der Waals surface area contributed by atoms with Gasteiger partial charge in [-0.2, -0.15) is 0 Å². The third-order valence-electron chi connectivity index (χ3n) is 7.29. The van der Waals surface area contributed by atoms with Gasteiger partial charge in [0.1, 0.15) is 13.2 Å². The monoisotopic (exact) mass is 568 g/mol. The maximum Gasteiger partial charge on any atom is 0.306 e. The Morgan fingerprint density at radius 1 is 0.475 bits per heavy atom. The van der Waals surface area contributed by atoms with E-state index in [0.29, 0.717) is 19.3 Å². The summed E-state index contributed by atoms with van der Waals surface area (Å²) in [5.74, 6) is -0.117. The van der Waals surface area contributed by atoms with Gasteiger partial charge in [0.2, 0.25) is 0 Å². The van der Waals surface area contributed by atoms with E-state index in [9.17, 15) is 14.4 Å². The first-order valence-electron chi connectivity index (χ1n) is 16.9. The molecule has 6 nitrogen and oxygen atoms in total. The fourth-order valence-corrected chi connectivity index (χ4v) is 4.68. The number of carbonyl (C=O) groups is 3. The van der Waals surface area contributed by atoms with Gasteiger partial charge in [0, 0.05) is 19.3 Å². The molecule has 0 amide bonds. The third-order valence-corrected chi connectivity index (χ3v) is 7.29. The molecule has 0 aliphatic heterocycles. The van der Waals surface area contributed by atoms with Crippen LogP contribution in [0.5, 0.6) is 0 Å². The molecule has 1 atom stereocenters. The van der Waals surface area contributed by atoms with Gasteiger partial charge in [0.05, 0.1) is 0 Å². The topological polar surface area (TPSA) is 78.9 Å². The minimum atomic E-state index is -0.754. The van der Waals surface area contributed by atoms with Crippen LogP contribution in [0.2, 0.25) is 0 Å². The SMILES string of the molecule is CCCCCCCCCC(=O)OC[C@@H](COC(=O)CCCCCCC)OC(=O)CCCCCCCCCC(C)C. The molecule has 0 fully saturated rings. The van der Waals surface area contributed by atoms with Crippen LogP contribution < -0.4 is 0 Å². The number of rotatable bonds is 29. The van der Waals surface area contributed by atoms with Crippen molar-refractivity contribution in [3.8, 4) is 0 Å². The molecule has 0 aliphatic rings. The van der Waals surface area contributed by atoms with Crippen molar-refractivity contribution in [1.82, 2.24) is 0 Å². The zero-order valence-corrected chi connectivity index (χ0v) is 26.8. The second-order valence-electron chi connectivity index (χ2n) is 11.9.